The van der Waals surface area contributed by atoms with E-state index < -0.39 is 5.97 Å². The molecule has 0 spiro atoms. The molecule has 1 N–H and O–H groups in total. The quantitative estimate of drug-likeness (QED) is 0.476. The zero-order valence-electron chi connectivity index (χ0n) is 15.5. The predicted molar refractivity (Wildman–Crippen MR) is 101 cm³/mol. The maximum Gasteiger partial charge on any atom is 0.329 e. The number of hydrogen-bond acceptors (Lipinski definition) is 4. The van der Waals surface area contributed by atoms with E-state index in [-0.39, 0.29) is 24.3 Å². The van der Waals surface area contributed by atoms with E-state index in [1.807, 2.05) is 41.3 Å². The average molecular weight is 373 g/mol. The van der Waals surface area contributed by atoms with E-state index in [0.29, 0.717) is 32.4 Å². The molecule has 0 saturated carbocycles. The van der Waals surface area contributed by atoms with Crippen molar-refractivity contribution in [3.63, 3.8) is 0 Å². The van der Waals surface area contributed by atoms with Gasteiger partial charge >= 0.3 is 5.97 Å². The lowest BCUT2D eigenvalue weighted by atomic mass is 9.99. The van der Waals surface area contributed by atoms with Gasteiger partial charge in [0.1, 0.15) is 6.61 Å². The number of nitrogens with zero attached hydrogens (tertiary/aromatic N) is 1. The second-order valence-electron chi connectivity index (χ2n) is 6.69. The summed E-state index contributed by atoms with van der Waals surface area (Å²) in [7, 11) is 0. The number of carbonyl (C=O) groups is 3. The molecule has 1 aliphatic heterocycles. The lowest BCUT2D eigenvalue weighted by molar-refractivity contribution is -0.142. The van der Waals surface area contributed by atoms with E-state index >= 15 is 0 Å². The number of ether oxygens (including phenoxy) is 1. The van der Waals surface area contributed by atoms with Crippen LogP contribution in [0.4, 0.5) is 0 Å². The van der Waals surface area contributed by atoms with Crippen molar-refractivity contribution in [3.05, 3.63) is 48.0 Å². The van der Waals surface area contributed by atoms with Crippen molar-refractivity contribution in [1.29, 1.82) is 0 Å². The van der Waals surface area contributed by atoms with E-state index in [4.69, 9.17) is 9.84 Å². The van der Waals surface area contributed by atoms with E-state index in [1.165, 1.54) is 0 Å². The first-order valence-electron chi connectivity index (χ1n) is 9.40. The highest BCUT2D eigenvalue weighted by Crippen LogP contribution is 2.20. The summed E-state index contributed by atoms with van der Waals surface area (Å²) >= 11 is 0. The minimum atomic E-state index is -0.980. The largest absolute Gasteiger partial charge is 0.480 e. The Kier molecular flexibility index (Phi) is 8.71. The lowest BCUT2D eigenvalue weighted by Gasteiger charge is -2.34. The molecule has 0 aromatic heterocycles. The fourth-order valence-corrected chi connectivity index (χ4v) is 3.16. The first kappa shape index (κ1) is 20.8. The number of hydrogen-bond donors (Lipinski definition) is 1. The van der Waals surface area contributed by atoms with Gasteiger partial charge < -0.3 is 14.7 Å². The van der Waals surface area contributed by atoms with Gasteiger partial charge in [-0.05, 0) is 37.3 Å². The zero-order valence-corrected chi connectivity index (χ0v) is 15.5. The summed E-state index contributed by atoms with van der Waals surface area (Å²) < 4.78 is 5.01. The minimum Gasteiger partial charge on any atom is -0.480 e. The number of rotatable bonds is 11. The van der Waals surface area contributed by atoms with E-state index in [1.54, 1.807) is 6.08 Å². The Hall–Kier alpha value is -2.47. The Morgan fingerprint density at radius 1 is 1.22 bits per heavy atom. The topological polar surface area (TPSA) is 83.9 Å². The summed E-state index contributed by atoms with van der Waals surface area (Å²) in [6.07, 6.45) is 7.47. The summed E-state index contributed by atoms with van der Waals surface area (Å²) in [6, 6.07) is 9.54. The maximum absolute atomic E-state index is 12.2. The van der Waals surface area contributed by atoms with Crippen molar-refractivity contribution in [3.8, 4) is 0 Å². The highest BCUT2D eigenvalue weighted by atomic mass is 16.5. The molecule has 1 saturated heterocycles. The van der Waals surface area contributed by atoms with Crippen molar-refractivity contribution in [2.75, 3.05) is 19.8 Å². The number of amides is 1. The number of benzene rings is 1. The van der Waals surface area contributed by atoms with Crippen molar-refractivity contribution in [1.82, 2.24) is 4.90 Å². The molecule has 1 aromatic carbocycles. The molecule has 146 valence electrons. The van der Waals surface area contributed by atoms with Gasteiger partial charge in [-0.25, -0.2) is 4.79 Å². The molecule has 1 aromatic rings. The number of ketones is 1. The molecule has 6 heteroatoms. The van der Waals surface area contributed by atoms with Crippen molar-refractivity contribution < 1.29 is 24.2 Å². The van der Waals surface area contributed by atoms with Crippen molar-refractivity contribution in [2.45, 2.75) is 44.6 Å². The number of likely N-dealkylation sites (tertiary alicyclic amines) is 1. The van der Waals surface area contributed by atoms with Gasteiger partial charge in [-0.3, -0.25) is 9.59 Å². The highest BCUT2D eigenvalue weighted by Gasteiger charge is 2.25. The van der Waals surface area contributed by atoms with Crippen LogP contribution in [0.15, 0.2) is 42.5 Å². The number of allylic oxidation sites excluding steroid dienone is 1. The summed E-state index contributed by atoms with van der Waals surface area (Å²) in [5.74, 6) is -0.842. The number of carbonyl (C=O) groups excluding carboxylic acids is 2. The Morgan fingerprint density at radius 3 is 2.74 bits per heavy atom. The van der Waals surface area contributed by atoms with Crippen molar-refractivity contribution >= 4 is 17.7 Å². The summed E-state index contributed by atoms with van der Waals surface area (Å²) in [5, 5.41) is 8.53. The minimum absolute atomic E-state index is 0.0289. The van der Waals surface area contributed by atoms with Gasteiger partial charge in [-0.2, -0.15) is 0 Å². The van der Waals surface area contributed by atoms with Crippen LogP contribution in [-0.2, 0) is 25.5 Å². The third kappa shape index (κ3) is 7.74. The molecule has 2 rings (SSSR count). The van der Waals surface area contributed by atoms with Crippen LogP contribution in [-0.4, -0.2) is 53.5 Å². The first-order chi connectivity index (χ1) is 13.1. The molecule has 1 fully saturated rings. The molecular formula is C21H27NO5. The monoisotopic (exact) mass is 373 g/mol. The molecular weight excluding hydrogens is 346 g/mol. The van der Waals surface area contributed by atoms with Gasteiger partial charge in [0.15, 0.2) is 5.78 Å². The fraction of sp³-hybridized carbons (Fsp3) is 0.476. The zero-order chi connectivity index (χ0) is 19.5. The van der Waals surface area contributed by atoms with Crippen LogP contribution in [0.25, 0.3) is 0 Å². The highest BCUT2D eigenvalue weighted by molar-refractivity contribution is 5.91. The molecule has 1 atom stereocenters. The van der Waals surface area contributed by atoms with Crippen LogP contribution >= 0.6 is 0 Å². The fourth-order valence-electron chi connectivity index (χ4n) is 3.16. The number of carboxylic acids is 1. The third-order valence-corrected chi connectivity index (χ3v) is 4.50. The van der Waals surface area contributed by atoms with Crippen LogP contribution in [0, 0.1) is 0 Å². The standard InChI is InChI=1S/C21H27NO5/c23-19(15-17-7-2-1-3-8-17)12-11-18-9-6-10-20(24)22(18)13-4-5-14-27-16-21(25)26/h1-3,7-8,11-12,18H,4-6,9-10,13-16H2,(H,25,26)/b12-11+. The van der Waals surface area contributed by atoms with Crippen LogP contribution < -0.4 is 0 Å². The molecule has 0 aliphatic carbocycles. The second-order valence-corrected chi connectivity index (χ2v) is 6.69. The van der Waals surface area contributed by atoms with E-state index in [2.05, 4.69) is 0 Å². The van der Waals surface area contributed by atoms with Crippen molar-refractivity contribution in [2.24, 2.45) is 0 Å². The van der Waals surface area contributed by atoms with Crippen LogP contribution in [0.1, 0.15) is 37.7 Å². The van der Waals surface area contributed by atoms with E-state index in [0.717, 1.165) is 24.8 Å². The Morgan fingerprint density at radius 2 is 2.00 bits per heavy atom. The molecule has 0 bridgehead atoms. The van der Waals surface area contributed by atoms with Crippen LogP contribution in [0.3, 0.4) is 0 Å². The number of aliphatic carboxylic acids is 1. The average Bonchev–Trinajstić information content (AvgIpc) is 2.65. The normalized spacial score (nSPS) is 17.4. The van der Waals surface area contributed by atoms with Gasteiger partial charge in [0.2, 0.25) is 5.91 Å². The molecule has 0 radical (unpaired) electrons. The smallest absolute Gasteiger partial charge is 0.329 e. The Labute approximate surface area is 159 Å². The number of piperidine rings is 1. The van der Waals surface area contributed by atoms with Crippen LogP contribution in [0.5, 0.6) is 0 Å². The Balaban J connectivity index is 1.80. The third-order valence-electron chi connectivity index (χ3n) is 4.50. The second kappa shape index (κ2) is 11.3. The predicted octanol–water partition coefficient (Wildman–Crippen LogP) is 2.62. The SMILES string of the molecule is O=C(O)COCCCCN1C(=O)CCCC1/C=C/C(=O)Cc1ccccc1. The molecule has 1 unspecified atom stereocenters. The summed E-state index contributed by atoms with van der Waals surface area (Å²) in [6.45, 7) is 0.666. The molecule has 1 heterocycles. The van der Waals surface area contributed by atoms with Gasteiger partial charge in [0.25, 0.3) is 0 Å². The van der Waals surface area contributed by atoms with Gasteiger partial charge in [0, 0.05) is 26.0 Å². The molecule has 6 nitrogen and oxygen atoms in total. The number of unbranched alkanes of at least 4 members (excludes halogenated alkanes) is 1. The summed E-state index contributed by atoms with van der Waals surface area (Å²) in [5.41, 5.74) is 0.977. The molecule has 1 amide bonds. The Bertz CT molecular complexity index is 656. The van der Waals surface area contributed by atoms with Crippen LogP contribution in [0.2, 0.25) is 0 Å². The summed E-state index contributed by atoms with van der Waals surface area (Å²) in [4.78, 5) is 36.6. The first-order valence-corrected chi connectivity index (χ1v) is 9.40. The maximum atomic E-state index is 12.2. The molecule has 1 aliphatic rings. The van der Waals surface area contributed by atoms with Gasteiger partial charge in [-0.15, -0.1) is 0 Å². The lowest BCUT2D eigenvalue weighted by Crippen LogP contribution is -2.43. The molecule has 27 heavy (non-hydrogen) atoms. The van der Waals surface area contributed by atoms with Gasteiger partial charge in [0.05, 0.1) is 6.04 Å². The number of carboxylic acid groups (broad SMARTS) is 1. The van der Waals surface area contributed by atoms with E-state index in [9.17, 15) is 14.4 Å². The van der Waals surface area contributed by atoms with Gasteiger partial charge in [-0.1, -0.05) is 36.4 Å².